The van der Waals surface area contributed by atoms with Crippen molar-refractivity contribution in [2.45, 2.75) is 25.8 Å². The quantitative estimate of drug-likeness (QED) is 0.782. The predicted octanol–water partition coefficient (Wildman–Crippen LogP) is 2.50. The molecule has 1 aliphatic heterocycles. The van der Waals surface area contributed by atoms with Crippen molar-refractivity contribution in [3.8, 4) is 0 Å². The van der Waals surface area contributed by atoms with Crippen LogP contribution in [-0.2, 0) is 18.4 Å². The summed E-state index contributed by atoms with van der Waals surface area (Å²) in [4.78, 5) is 16.4. The molecule has 4 heterocycles. The van der Waals surface area contributed by atoms with Gasteiger partial charge >= 0.3 is 0 Å². The lowest BCUT2D eigenvalue weighted by Crippen LogP contribution is -2.25. The molecular formula is C17H17ClN6O. The SMILES string of the molecule is Cc1nn(C)c(Cl)c1[C@H]1CC(=O)Nc2c1cnn2Cc1cccnc1. The molecule has 0 aliphatic carbocycles. The third-order valence-electron chi connectivity index (χ3n) is 4.49. The summed E-state index contributed by atoms with van der Waals surface area (Å²) < 4.78 is 3.43. The van der Waals surface area contributed by atoms with Crippen LogP contribution in [0.15, 0.2) is 30.7 Å². The smallest absolute Gasteiger partial charge is 0.226 e. The largest absolute Gasteiger partial charge is 0.311 e. The zero-order valence-corrected chi connectivity index (χ0v) is 14.7. The first kappa shape index (κ1) is 15.8. The Labute approximate surface area is 149 Å². The number of carbonyl (C=O) groups excluding carboxylic acids is 1. The minimum absolute atomic E-state index is 0.0512. The van der Waals surface area contributed by atoms with E-state index in [0.29, 0.717) is 23.9 Å². The molecule has 0 saturated carbocycles. The van der Waals surface area contributed by atoms with Crippen molar-refractivity contribution in [2.24, 2.45) is 7.05 Å². The molecule has 128 valence electrons. The first-order valence-corrected chi connectivity index (χ1v) is 8.36. The number of aryl methyl sites for hydroxylation is 2. The Bertz CT molecular complexity index is 946. The number of hydrogen-bond donors (Lipinski definition) is 1. The molecule has 3 aromatic heterocycles. The standard InChI is InChI=1S/C17H17ClN6O/c1-10-15(16(18)23(2)22-10)12-6-14(25)21-17-13(12)8-20-24(17)9-11-4-3-5-19-7-11/h3-5,7-8,12H,6,9H2,1-2H3,(H,21,25)/t12-/m0/s1. The minimum Gasteiger partial charge on any atom is -0.311 e. The number of fused-ring (bicyclic) bond motifs is 1. The summed E-state index contributed by atoms with van der Waals surface area (Å²) in [6, 6.07) is 3.86. The van der Waals surface area contributed by atoms with E-state index in [1.807, 2.05) is 19.1 Å². The molecule has 8 heteroatoms. The van der Waals surface area contributed by atoms with Crippen LogP contribution in [0.5, 0.6) is 0 Å². The van der Waals surface area contributed by atoms with Crippen molar-refractivity contribution in [1.82, 2.24) is 24.5 Å². The van der Waals surface area contributed by atoms with Crippen LogP contribution in [0.3, 0.4) is 0 Å². The third kappa shape index (κ3) is 2.70. The highest BCUT2D eigenvalue weighted by Gasteiger charge is 2.33. The van der Waals surface area contributed by atoms with Gasteiger partial charge in [0.2, 0.25) is 5.91 Å². The highest BCUT2D eigenvalue weighted by molar-refractivity contribution is 6.30. The number of rotatable bonds is 3. The molecule has 0 fully saturated rings. The Morgan fingerprint density at radius 3 is 2.92 bits per heavy atom. The van der Waals surface area contributed by atoms with Crippen LogP contribution in [0.25, 0.3) is 0 Å². The molecule has 1 atom stereocenters. The summed E-state index contributed by atoms with van der Waals surface area (Å²) >= 11 is 6.43. The van der Waals surface area contributed by atoms with Gasteiger partial charge in [0, 0.05) is 42.9 Å². The lowest BCUT2D eigenvalue weighted by molar-refractivity contribution is -0.116. The van der Waals surface area contributed by atoms with Crippen molar-refractivity contribution in [2.75, 3.05) is 5.32 Å². The van der Waals surface area contributed by atoms with Gasteiger partial charge < -0.3 is 5.32 Å². The monoisotopic (exact) mass is 356 g/mol. The Morgan fingerprint density at radius 2 is 2.24 bits per heavy atom. The lowest BCUT2D eigenvalue weighted by Gasteiger charge is -2.23. The highest BCUT2D eigenvalue weighted by atomic mass is 35.5. The van der Waals surface area contributed by atoms with Crippen LogP contribution in [0.1, 0.15) is 34.7 Å². The molecule has 4 rings (SSSR count). The third-order valence-corrected chi connectivity index (χ3v) is 4.94. The van der Waals surface area contributed by atoms with E-state index < -0.39 is 0 Å². The molecule has 0 spiro atoms. The highest BCUT2D eigenvalue weighted by Crippen LogP contribution is 2.41. The van der Waals surface area contributed by atoms with Gasteiger partial charge in [-0.15, -0.1) is 0 Å². The van der Waals surface area contributed by atoms with Crippen molar-refractivity contribution in [1.29, 1.82) is 0 Å². The predicted molar refractivity (Wildman–Crippen MR) is 93.6 cm³/mol. The van der Waals surface area contributed by atoms with Gasteiger partial charge in [-0.3, -0.25) is 14.5 Å². The minimum atomic E-state index is -0.146. The van der Waals surface area contributed by atoms with Gasteiger partial charge in [-0.25, -0.2) is 4.68 Å². The van der Waals surface area contributed by atoms with Crippen LogP contribution in [0, 0.1) is 6.92 Å². The van der Waals surface area contributed by atoms with Gasteiger partial charge in [-0.2, -0.15) is 10.2 Å². The summed E-state index contributed by atoms with van der Waals surface area (Å²) in [5, 5.41) is 12.4. The number of nitrogens with zero attached hydrogens (tertiary/aromatic N) is 5. The molecule has 1 amide bonds. The molecule has 0 unspecified atom stereocenters. The second-order valence-electron chi connectivity index (χ2n) is 6.19. The maximum absolute atomic E-state index is 12.3. The van der Waals surface area contributed by atoms with E-state index in [1.54, 1.807) is 35.0 Å². The van der Waals surface area contributed by atoms with Gasteiger partial charge in [0.1, 0.15) is 11.0 Å². The van der Waals surface area contributed by atoms with Crippen LogP contribution in [0.2, 0.25) is 5.15 Å². The molecule has 0 saturated heterocycles. The van der Waals surface area contributed by atoms with E-state index in [0.717, 1.165) is 22.4 Å². The molecule has 3 aromatic rings. The zero-order chi connectivity index (χ0) is 17.6. The number of anilines is 1. The fourth-order valence-electron chi connectivity index (χ4n) is 3.35. The Hall–Kier alpha value is -2.67. The van der Waals surface area contributed by atoms with Crippen molar-refractivity contribution >= 4 is 23.3 Å². The Kier molecular flexibility index (Phi) is 3.80. The van der Waals surface area contributed by atoms with Crippen molar-refractivity contribution in [3.05, 3.63) is 58.3 Å². The number of carbonyl (C=O) groups is 1. The van der Waals surface area contributed by atoms with E-state index in [4.69, 9.17) is 11.6 Å². The first-order valence-electron chi connectivity index (χ1n) is 7.98. The van der Waals surface area contributed by atoms with Gasteiger partial charge in [0.05, 0.1) is 18.4 Å². The van der Waals surface area contributed by atoms with Crippen LogP contribution >= 0.6 is 11.6 Å². The average molecular weight is 357 g/mol. The summed E-state index contributed by atoms with van der Waals surface area (Å²) in [6.07, 6.45) is 5.65. The van der Waals surface area contributed by atoms with Crippen LogP contribution < -0.4 is 5.32 Å². The van der Waals surface area contributed by atoms with Gasteiger partial charge in [0.25, 0.3) is 0 Å². The van der Waals surface area contributed by atoms with Crippen LogP contribution in [-0.4, -0.2) is 30.5 Å². The van der Waals surface area contributed by atoms with Crippen molar-refractivity contribution in [3.63, 3.8) is 0 Å². The van der Waals surface area contributed by atoms with Gasteiger partial charge in [-0.1, -0.05) is 17.7 Å². The summed E-state index contributed by atoms with van der Waals surface area (Å²) in [5.74, 6) is 0.516. The summed E-state index contributed by atoms with van der Waals surface area (Å²) in [6.45, 7) is 2.45. The topological polar surface area (TPSA) is 77.6 Å². The molecular weight excluding hydrogens is 340 g/mol. The van der Waals surface area contributed by atoms with E-state index in [9.17, 15) is 4.79 Å². The number of amides is 1. The van der Waals surface area contributed by atoms with Gasteiger partial charge in [0.15, 0.2) is 0 Å². The van der Waals surface area contributed by atoms with E-state index in [2.05, 4.69) is 20.5 Å². The number of aromatic nitrogens is 5. The second-order valence-corrected chi connectivity index (χ2v) is 6.54. The molecule has 1 N–H and O–H groups in total. The molecule has 0 aromatic carbocycles. The maximum atomic E-state index is 12.3. The normalized spacial score (nSPS) is 16.6. The van der Waals surface area contributed by atoms with Crippen molar-refractivity contribution < 1.29 is 4.79 Å². The Balaban J connectivity index is 1.76. The molecule has 0 radical (unpaired) electrons. The number of nitrogens with one attached hydrogen (secondary N) is 1. The number of hydrogen-bond acceptors (Lipinski definition) is 4. The number of halogens is 1. The average Bonchev–Trinajstić information content (AvgIpc) is 3.09. The fraction of sp³-hybridized carbons (Fsp3) is 0.294. The maximum Gasteiger partial charge on any atom is 0.226 e. The fourth-order valence-corrected chi connectivity index (χ4v) is 3.66. The molecule has 25 heavy (non-hydrogen) atoms. The molecule has 7 nitrogen and oxygen atoms in total. The van der Waals surface area contributed by atoms with E-state index in [1.165, 1.54) is 0 Å². The van der Waals surface area contributed by atoms with E-state index >= 15 is 0 Å². The Morgan fingerprint density at radius 1 is 1.40 bits per heavy atom. The first-order chi connectivity index (χ1) is 12.0. The van der Waals surface area contributed by atoms with Crippen LogP contribution in [0.4, 0.5) is 5.82 Å². The lowest BCUT2D eigenvalue weighted by atomic mass is 9.87. The zero-order valence-electron chi connectivity index (χ0n) is 13.9. The summed E-state index contributed by atoms with van der Waals surface area (Å²) in [7, 11) is 1.80. The van der Waals surface area contributed by atoms with Gasteiger partial charge in [-0.05, 0) is 18.6 Å². The summed E-state index contributed by atoms with van der Waals surface area (Å²) in [5.41, 5.74) is 3.70. The number of pyridine rings is 1. The second kappa shape index (κ2) is 6.00. The molecule has 0 bridgehead atoms. The van der Waals surface area contributed by atoms with E-state index in [-0.39, 0.29) is 11.8 Å². The molecule has 1 aliphatic rings.